The second-order valence-electron chi connectivity index (χ2n) is 6.08. The van der Waals surface area contributed by atoms with Crippen molar-refractivity contribution in [1.82, 2.24) is 10.2 Å². The van der Waals surface area contributed by atoms with Crippen LogP contribution in [0.1, 0.15) is 20.3 Å². The average molecular weight is 307 g/mol. The van der Waals surface area contributed by atoms with E-state index in [1.165, 1.54) is 6.07 Å². The van der Waals surface area contributed by atoms with E-state index in [9.17, 15) is 9.18 Å². The van der Waals surface area contributed by atoms with Gasteiger partial charge in [-0.1, -0.05) is 26.0 Å². The van der Waals surface area contributed by atoms with Crippen LogP contribution in [-0.2, 0) is 4.79 Å². The van der Waals surface area contributed by atoms with Crippen LogP contribution in [0.25, 0.3) is 0 Å². The molecule has 1 aromatic rings. The quantitative estimate of drug-likeness (QED) is 0.818. The molecule has 1 heterocycles. The number of hydrogen-bond donors (Lipinski definition) is 1. The van der Waals surface area contributed by atoms with Gasteiger partial charge < -0.3 is 10.2 Å². The van der Waals surface area contributed by atoms with Crippen LogP contribution < -0.4 is 10.2 Å². The lowest BCUT2D eigenvalue weighted by Crippen LogP contribution is -2.47. The lowest BCUT2D eigenvalue weighted by atomic mass is 10.2. The van der Waals surface area contributed by atoms with E-state index >= 15 is 0 Å². The molecular weight excluding hydrogens is 281 g/mol. The molecule has 0 spiro atoms. The summed E-state index contributed by atoms with van der Waals surface area (Å²) in [5.41, 5.74) is 0.700. The molecule has 5 heteroatoms. The van der Waals surface area contributed by atoms with Crippen LogP contribution in [0.15, 0.2) is 24.3 Å². The molecule has 22 heavy (non-hydrogen) atoms. The molecule has 1 aliphatic rings. The van der Waals surface area contributed by atoms with Gasteiger partial charge in [0, 0.05) is 38.6 Å². The van der Waals surface area contributed by atoms with E-state index in [0.717, 1.165) is 45.7 Å². The van der Waals surface area contributed by atoms with Crippen LogP contribution in [0.3, 0.4) is 0 Å². The number of halogens is 1. The summed E-state index contributed by atoms with van der Waals surface area (Å²) in [6, 6.07) is 6.95. The number of benzene rings is 1. The van der Waals surface area contributed by atoms with E-state index < -0.39 is 0 Å². The third kappa shape index (κ3) is 4.70. The summed E-state index contributed by atoms with van der Waals surface area (Å²) in [7, 11) is 0. The Morgan fingerprint density at radius 1 is 1.23 bits per heavy atom. The van der Waals surface area contributed by atoms with Crippen LogP contribution >= 0.6 is 0 Å². The van der Waals surface area contributed by atoms with Crippen molar-refractivity contribution in [2.24, 2.45) is 5.92 Å². The zero-order valence-electron chi connectivity index (χ0n) is 13.5. The van der Waals surface area contributed by atoms with Gasteiger partial charge >= 0.3 is 0 Å². The van der Waals surface area contributed by atoms with Crippen LogP contribution in [0.4, 0.5) is 10.1 Å². The van der Waals surface area contributed by atoms with Gasteiger partial charge in [-0.2, -0.15) is 0 Å². The number of rotatable bonds is 6. The van der Waals surface area contributed by atoms with Gasteiger partial charge in [0.2, 0.25) is 5.91 Å². The molecule has 0 unspecified atom stereocenters. The van der Waals surface area contributed by atoms with Gasteiger partial charge in [-0.05, 0) is 25.1 Å². The topological polar surface area (TPSA) is 35.6 Å². The molecule has 122 valence electrons. The Balaban J connectivity index is 1.67. The Bertz CT molecular complexity index is 485. The van der Waals surface area contributed by atoms with E-state index in [4.69, 9.17) is 0 Å². The molecule has 0 radical (unpaired) electrons. The molecule has 4 nitrogen and oxygen atoms in total. The number of nitrogens with zero attached hydrogens (tertiary/aromatic N) is 2. The van der Waals surface area contributed by atoms with E-state index in [0.29, 0.717) is 5.69 Å². The number of hydrogen-bond acceptors (Lipinski definition) is 3. The number of anilines is 1. The number of carbonyl (C=O) groups excluding carboxylic acids is 1. The summed E-state index contributed by atoms with van der Waals surface area (Å²) in [6.45, 7) is 9.07. The maximum Gasteiger partial charge on any atom is 0.222 e. The maximum atomic E-state index is 13.8. The van der Waals surface area contributed by atoms with Gasteiger partial charge in [0.15, 0.2) is 0 Å². The summed E-state index contributed by atoms with van der Waals surface area (Å²) in [5, 5.41) is 2.94. The van der Waals surface area contributed by atoms with Gasteiger partial charge in [0.25, 0.3) is 0 Å². The van der Waals surface area contributed by atoms with E-state index in [2.05, 4.69) is 15.1 Å². The first-order valence-corrected chi connectivity index (χ1v) is 8.07. The molecule has 2 rings (SSSR count). The summed E-state index contributed by atoms with van der Waals surface area (Å²) >= 11 is 0. The van der Waals surface area contributed by atoms with Crippen LogP contribution in [-0.4, -0.2) is 50.1 Å². The SMILES string of the molecule is CC(C)C(=O)NCCCN1CCN(c2ccccc2F)CC1. The highest BCUT2D eigenvalue weighted by molar-refractivity contribution is 5.77. The lowest BCUT2D eigenvalue weighted by Gasteiger charge is -2.36. The minimum Gasteiger partial charge on any atom is -0.367 e. The van der Waals surface area contributed by atoms with Crippen molar-refractivity contribution in [3.8, 4) is 0 Å². The molecule has 0 bridgehead atoms. The fraction of sp³-hybridized carbons (Fsp3) is 0.588. The van der Waals surface area contributed by atoms with Crippen LogP contribution in [0.5, 0.6) is 0 Å². The molecule has 0 saturated carbocycles. The molecule has 1 aromatic carbocycles. The molecule has 0 aliphatic carbocycles. The number of para-hydroxylation sites is 1. The molecule has 1 saturated heterocycles. The van der Waals surface area contributed by atoms with Gasteiger partial charge in [0.05, 0.1) is 5.69 Å². The summed E-state index contributed by atoms with van der Waals surface area (Å²) in [4.78, 5) is 15.9. The lowest BCUT2D eigenvalue weighted by molar-refractivity contribution is -0.123. The number of nitrogens with one attached hydrogen (secondary N) is 1. The smallest absolute Gasteiger partial charge is 0.222 e. The second kappa shape index (κ2) is 8.13. The maximum absolute atomic E-state index is 13.8. The Kier molecular flexibility index (Phi) is 6.19. The van der Waals surface area contributed by atoms with E-state index in [-0.39, 0.29) is 17.6 Å². The molecular formula is C17H26FN3O. The number of carbonyl (C=O) groups is 1. The minimum atomic E-state index is -0.146. The van der Waals surface area contributed by atoms with Crippen molar-refractivity contribution in [2.75, 3.05) is 44.2 Å². The average Bonchev–Trinajstić information content (AvgIpc) is 2.52. The first-order chi connectivity index (χ1) is 10.6. The Morgan fingerprint density at radius 2 is 1.91 bits per heavy atom. The van der Waals surface area contributed by atoms with Gasteiger partial charge in [0.1, 0.15) is 5.82 Å². The van der Waals surface area contributed by atoms with Crippen LogP contribution in [0, 0.1) is 11.7 Å². The zero-order chi connectivity index (χ0) is 15.9. The molecule has 1 aliphatic heterocycles. The first-order valence-electron chi connectivity index (χ1n) is 8.07. The summed E-state index contributed by atoms with van der Waals surface area (Å²) < 4.78 is 13.8. The predicted octanol–water partition coefficient (Wildman–Crippen LogP) is 2.11. The highest BCUT2D eigenvalue weighted by Gasteiger charge is 2.18. The van der Waals surface area contributed by atoms with Crippen molar-refractivity contribution in [3.63, 3.8) is 0 Å². The molecule has 0 aromatic heterocycles. The first kappa shape index (κ1) is 16.7. The Hall–Kier alpha value is -1.62. The number of piperazine rings is 1. The van der Waals surface area contributed by atoms with Crippen molar-refractivity contribution >= 4 is 11.6 Å². The van der Waals surface area contributed by atoms with Crippen molar-refractivity contribution in [1.29, 1.82) is 0 Å². The third-order valence-electron chi connectivity index (χ3n) is 4.04. The molecule has 0 atom stereocenters. The van der Waals surface area contributed by atoms with Gasteiger partial charge in [-0.3, -0.25) is 9.69 Å². The molecule has 1 amide bonds. The Labute approximate surface area is 132 Å². The molecule has 1 fully saturated rings. The fourth-order valence-corrected chi connectivity index (χ4v) is 2.64. The molecule has 1 N–H and O–H groups in total. The predicted molar refractivity (Wildman–Crippen MR) is 87.5 cm³/mol. The van der Waals surface area contributed by atoms with Crippen LogP contribution in [0.2, 0.25) is 0 Å². The Morgan fingerprint density at radius 3 is 2.55 bits per heavy atom. The van der Waals surface area contributed by atoms with Crippen molar-refractivity contribution in [2.45, 2.75) is 20.3 Å². The zero-order valence-corrected chi connectivity index (χ0v) is 13.5. The number of amides is 1. The monoisotopic (exact) mass is 307 g/mol. The normalized spacial score (nSPS) is 16.1. The highest BCUT2D eigenvalue weighted by Crippen LogP contribution is 2.20. The summed E-state index contributed by atoms with van der Waals surface area (Å²) in [5.74, 6) is 0.0148. The summed E-state index contributed by atoms with van der Waals surface area (Å²) in [6.07, 6.45) is 0.957. The highest BCUT2D eigenvalue weighted by atomic mass is 19.1. The van der Waals surface area contributed by atoms with E-state index in [1.54, 1.807) is 6.07 Å². The van der Waals surface area contributed by atoms with Crippen molar-refractivity contribution < 1.29 is 9.18 Å². The standard InChI is InChI=1S/C17H26FN3O/c1-14(2)17(22)19-8-5-9-20-10-12-21(13-11-20)16-7-4-3-6-15(16)18/h3-4,6-7,14H,5,8-13H2,1-2H3,(H,19,22). The van der Waals surface area contributed by atoms with Gasteiger partial charge in [-0.15, -0.1) is 0 Å². The largest absolute Gasteiger partial charge is 0.367 e. The van der Waals surface area contributed by atoms with Crippen molar-refractivity contribution in [3.05, 3.63) is 30.1 Å². The van der Waals surface area contributed by atoms with Gasteiger partial charge in [-0.25, -0.2) is 4.39 Å². The van der Waals surface area contributed by atoms with E-state index in [1.807, 2.05) is 26.0 Å². The third-order valence-corrected chi connectivity index (χ3v) is 4.04. The second-order valence-corrected chi connectivity index (χ2v) is 6.08. The minimum absolute atomic E-state index is 0.0457. The fourth-order valence-electron chi connectivity index (χ4n) is 2.64.